The fourth-order valence-corrected chi connectivity index (χ4v) is 2.74. The Kier molecular flexibility index (Phi) is 1.33. The standard InChI is InChI=1S/C9H14O/c1-6(10)9-5-7-2-3-8(9)4-7/h7-9H,2-5H2,1H3/t7-,8-,9+/m1/s1. The maximum absolute atomic E-state index is 11.0. The van der Waals surface area contributed by atoms with Crippen LogP contribution in [0.5, 0.6) is 0 Å². The number of Topliss-reactive ketones (excluding diaryl/α,β-unsaturated/α-hetero) is 1. The van der Waals surface area contributed by atoms with Crippen molar-refractivity contribution < 1.29 is 4.79 Å². The molecule has 1 nitrogen and oxygen atoms in total. The summed E-state index contributed by atoms with van der Waals surface area (Å²) in [7, 11) is 0. The van der Waals surface area contributed by atoms with Crippen molar-refractivity contribution >= 4 is 5.78 Å². The second-order valence-corrected chi connectivity index (χ2v) is 3.89. The summed E-state index contributed by atoms with van der Waals surface area (Å²) in [4.78, 5) is 11.0. The molecule has 0 radical (unpaired) electrons. The smallest absolute Gasteiger partial charge is 0.133 e. The van der Waals surface area contributed by atoms with Crippen LogP contribution in [0, 0.1) is 17.8 Å². The highest BCUT2D eigenvalue weighted by Crippen LogP contribution is 2.48. The van der Waals surface area contributed by atoms with Crippen LogP contribution in [0.4, 0.5) is 0 Å². The highest BCUT2D eigenvalue weighted by atomic mass is 16.1. The SMILES string of the molecule is CC(=O)[C@@H]1C[C@@H]2CC[C@@H]1C2. The molecule has 2 aliphatic rings. The van der Waals surface area contributed by atoms with Crippen molar-refractivity contribution in [2.75, 3.05) is 0 Å². The topological polar surface area (TPSA) is 17.1 Å². The average Bonchev–Trinajstić information content (AvgIpc) is 2.44. The molecular weight excluding hydrogens is 124 g/mol. The zero-order chi connectivity index (χ0) is 7.14. The number of hydrogen-bond acceptors (Lipinski definition) is 1. The van der Waals surface area contributed by atoms with Crippen molar-refractivity contribution in [2.45, 2.75) is 32.6 Å². The van der Waals surface area contributed by atoms with Crippen LogP contribution in [0.25, 0.3) is 0 Å². The van der Waals surface area contributed by atoms with E-state index in [1.54, 1.807) is 6.92 Å². The van der Waals surface area contributed by atoms with Gasteiger partial charge in [-0.1, -0.05) is 6.42 Å². The van der Waals surface area contributed by atoms with Gasteiger partial charge in [0.2, 0.25) is 0 Å². The molecule has 2 saturated carbocycles. The molecule has 0 aliphatic heterocycles. The molecular formula is C9H14O. The molecule has 0 unspecified atom stereocenters. The molecule has 3 atom stereocenters. The Labute approximate surface area is 61.8 Å². The maximum atomic E-state index is 11.0. The van der Waals surface area contributed by atoms with Gasteiger partial charge >= 0.3 is 0 Å². The van der Waals surface area contributed by atoms with Gasteiger partial charge in [-0.2, -0.15) is 0 Å². The third kappa shape index (κ3) is 0.799. The van der Waals surface area contributed by atoms with Crippen LogP contribution < -0.4 is 0 Å². The van der Waals surface area contributed by atoms with E-state index in [2.05, 4.69) is 0 Å². The van der Waals surface area contributed by atoms with Crippen LogP contribution in [0.3, 0.4) is 0 Å². The van der Waals surface area contributed by atoms with E-state index >= 15 is 0 Å². The van der Waals surface area contributed by atoms with Gasteiger partial charge in [-0.15, -0.1) is 0 Å². The zero-order valence-corrected chi connectivity index (χ0v) is 6.47. The van der Waals surface area contributed by atoms with E-state index in [9.17, 15) is 4.79 Å². The van der Waals surface area contributed by atoms with Crippen LogP contribution in [-0.4, -0.2) is 5.78 Å². The summed E-state index contributed by atoms with van der Waals surface area (Å²) < 4.78 is 0. The predicted molar refractivity (Wildman–Crippen MR) is 39.6 cm³/mol. The van der Waals surface area contributed by atoms with Gasteiger partial charge in [-0.05, 0) is 38.0 Å². The zero-order valence-electron chi connectivity index (χ0n) is 6.47. The minimum atomic E-state index is 0.437. The Balaban J connectivity index is 2.08. The lowest BCUT2D eigenvalue weighted by Gasteiger charge is -2.17. The first kappa shape index (κ1) is 6.38. The number of fused-ring (bicyclic) bond motifs is 2. The minimum absolute atomic E-state index is 0.437. The molecule has 2 fully saturated rings. The first-order valence-corrected chi connectivity index (χ1v) is 4.28. The van der Waals surface area contributed by atoms with E-state index in [1.807, 2.05) is 0 Å². The maximum Gasteiger partial charge on any atom is 0.133 e. The van der Waals surface area contributed by atoms with Crippen LogP contribution >= 0.6 is 0 Å². The second kappa shape index (κ2) is 2.08. The van der Waals surface area contributed by atoms with Gasteiger partial charge in [0.05, 0.1) is 0 Å². The molecule has 56 valence electrons. The predicted octanol–water partition coefficient (Wildman–Crippen LogP) is 2.01. The Morgan fingerprint density at radius 1 is 1.30 bits per heavy atom. The van der Waals surface area contributed by atoms with E-state index in [0.29, 0.717) is 11.7 Å². The molecule has 0 aromatic heterocycles. The number of rotatable bonds is 1. The molecule has 2 aliphatic carbocycles. The van der Waals surface area contributed by atoms with Gasteiger partial charge in [0.25, 0.3) is 0 Å². The van der Waals surface area contributed by atoms with Gasteiger partial charge < -0.3 is 0 Å². The Bertz CT molecular complexity index is 162. The molecule has 0 amide bonds. The quantitative estimate of drug-likeness (QED) is 0.541. The van der Waals surface area contributed by atoms with E-state index in [4.69, 9.17) is 0 Å². The summed E-state index contributed by atoms with van der Waals surface area (Å²) in [6, 6.07) is 0. The van der Waals surface area contributed by atoms with Crippen LogP contribution in [0.15, 0.2) is 0 Å². The highest BCUT2D eigenvalue weighted by molar-refractivity contribution is 5.79. The van der Waals surface area contributed by atoms with Crippen molar-refractivity contribution in [3.8, 4) is 0 Å². The number of carbonyl (C=O) groups excluding carboxylic acids is 1. The Hall–Kier alpha value is -0.330. The lowest BCUT2D eigenvalue weighted by Crippen LogP contribution is -2.17. The van der Waals surface area contributed by atoms with E-state index in [0.717, 1.165) is 11.8 Å². The highest BCUT2D eigenvalue weighted by Gasteiger charge is 2.41. The monoisotopic (exact) mass is 138 g/mol. The molecule has 2 rings (SSSR count). The van der Waals surface area contributed by atoms with Gasteiger partial charge in [-0.25, -0.2) is 0 Å². The third-order valence-corrected chi connectivity index (χ3v) is 3.26. The Morgan fingerprint density at radius 2 is 2.10 bits per heavy atom. The fraction of sp³-hybridized carbons (Fsp3) is 0.889. The van der Waals surface area contributed by atoms with Crippen molar-refractivity contribution in [3.05, 3.63) is 0 Å². The van der Waals surface area contributed by atoms with Gasteiger partial charge in [-0.3, -0.25) is 4.79 Å². The molecule has 10 heavy (non-hydrogen) atoms. The summed E-state index contributed by atoms with van der Waals surface area (Å²) in [5, 5.41) is 0. The van der Waals surface area contributed by atoms with Crippen molar-refractivity contribution in [2.24, 2.45) is 17.8 Å². The molecule has 0 spiro atoms. The largest absolute Gasteiger partial charge is 0.300 e. The number of ketones is 1. The first-order chi connectivity index (χ1) is 4.77. The van der Waals surface area contributed by atoms with Crippen molar-refractivity contribution in [3.63, 3.8) is 0 Å². The molecule has 0 saturated heterocycles. The van der Waals surface area contributed by atoms with Crippen molar-refractivity contribution in [1.29, 1.82) is 0 Å². The summed E-state index contributed by atoms with van der Waals surface area (Å²) in [5.41, 5.74) is 0. The number of hydrogen-bond donors (Lipinski definition) is 0. The van der Waals surface area contributed by atoms with Gasteiger partial charge in [0.15, 0.2) is 0 Å². The first-order valence-electron chi connectivity index (χ1n) is 4.28. The molecule has 0 aromatic rings. The minimum Gasteiger partial charge on any atom is -0.300 e. The lowest BCUT2D eigenvalue weighted by atomic mass is 9.86. The summed E-state index contributed by atoms with van der Waals surface area (Å²) >= 11 is 0. The fourth-order valence-electron chi connectivity index (χ4n) is 2.74. The summed E-state index contributed by atoms with van der Waals surface area (Å²) in [6.07, 6.45) is 5.29. The van der Waals surface area contributed by atoms with Crippen LogP contribution in [0.2, 0.25) is 0 Å². The molecule has 0 aromatic carbocycles. The van der Waals surface area contributed by atoms with Gasteiger partial charge in [0, 0.05) is 5.92 Å². The molecule has 0 heterocycles. The average molecular weight is 138 g/mol. The Morgan fingerprint density at radius 3 is 2.40 bits per heavy atom. The van der Waals surface area contributed by atoms with Gasteiger partial charge in [0.1, 0.15) is 5.78 Å². The molecule has 0 N–H and O–H groups in total. The normalized spacial score (nSPS) is 44.3. The van der Waals surface area contributed by atoms with E-state index in [-0.39, 0.29) is 0 Å². The molecule has 1 heteroatoms. The third-order valence-electron chi connectivity index (χ3n) is 3.26. The summed E-state index contributed by atoms with van der Waals surface area (Å²) in [5.74, 6) is 2.59. The second-order valence-electron chi connectivity index (χ2n) is 3.89. The molecule has 2 bridgehead atoms. The van der Waals surface area contributed by atoms with Crippen LogP contribution in [-0.2, 0) is 4.79 Å². The van der Waals surface area contributed by atoms with Crippen molar-refractivity contribution in [1.82, 2.24) is 0 Å². The number of carbonyl (C=O) groups is 1. The van der Waals surface area contributed by atoms with E-state index in [1.165, 1.54) is 25.7 Å². The van der Waals surface area contributed by atoms with E-state index < -0.39 is 0 Å². The lowest BCUT2D eigenvalue weighted by molar-refractivity contribution is -0.122. The van der Waals surface area contributed by atoms with Crippen LogP contribution in [0.1, 0.15) is 32.6 Å². The summed E-state index contributed by atoms with van der Waals surface area (Å²) in [6.45, 7) is 1.76.